The number of amides is 1. The van der Waals surface area contributed by atoms with E-state index < -0.39 is 5.91 Å². The quantitative estimate of drug-likeness (QED) is 0.197. The van der Waals surface area contributed by atoms with Crippen LogP contribution in [0.4, 0.5) is 0 Å². The molecule has 0 unspecified atom stereocenters. The third-order valence-electron chi connectivity index (χ3n) is 4.56. The van der Waals surface area contributed by atoms with Crippen molar-refractivity contribution in [1.82, 2.24) is 5.43 Å². The van der Waals surface area contributed by atoms with Crippen molar-refractivity contribution in [3.8, 4) is 23.0 Å². The van der Waals surface area contributed by atoms with Crippen molar-refractivity contribution < 1.29 is 23.7 Å². The molecule has 1 amide bonds. The second-order valence-electron chi connectivity index (χ2n) is 6.89. The molecule has 7 nitrogen and oxygen atoms in total. The number of carbonyl (C=O) groups is 1. The van der Waals surface area contributed by atoms with Crippen LogP contribution < -0.4 is 24.4 Å². The Morgan fingerprint density at radius 3 is 2.34 bits per heavy atom. The summed E-state index contributed by atoms with van der Waals surface area (Å²) in [5, 5.41) is 4.92. The van der Waals surface area contributed by atoms with Crippen LogP contribution in [0, 0.1) is 0 Å². The van der Waals surface area contributed by atoms with Crippen molar-refractivity contribution in [2.45, 2.75) is 6.61 Å². The number of benzene rings is 3. The lowest BCUT2D eigenvalue weighted by molar-refractivity contribution is -0.123. The van der Waals surface area contributed by atoms with Gasteiger partial charge in [0.05, 0.1) is 35.0 Å². The molecule has 0 fully saturated rings. The molecule has 0 aliphatic rings. The molecule has 3 rings (SSSR count). The molecule has 0 aliphatic heterocycles. The van der Waals surface area contributed by atoms with Crippen LogP contribution in [0.3, 0.4) is 0 Å². The fourth-order valence-electron chi connectivity index (χ4n) is 2.86. The van der Waals surface area contributed by atoms with Crippen LogP contribution in [-0.4, -0.2) is 32.9 Å². The van der Waals surface area contributed by atoms with Gasteiger partial charge in [0.25, 0.3) is 5.91 Å². The fourth-order valence-corrected chi connectivity index (χ4v) is 4.11. The summed E-state index contributed by atoms with van der Waals surface area (Å²) in [5.41, 5.74) is 3.91. The van der Waals surface area contributed by atoms with Gasteiger partial charge in [0, 0.05) is 10.0 Å². The van der Waals surface area contributed by atoms with Crippen LogP contribution in [0.1, 0.15) is 11.1 Å². The van der Waals surface area contributed by atoms with Gasteiger partial charge in [-0.05, 0) is 67.8 Å². The van der Waals surface area contributed by atoms with Crippen LogP contribution in [0.2, 0.25) is 10.0 Å². The van der Waals surface area contributed by atoms with Crippen molar-refractivity contribution in [3.63, 3.8) is 0 Å². The van der Waals surface area contributed by atoms with Crippen molar-refractivity contribution >= 4 is 67.2 Å². The first-order valence-electron chi connectivity index (χ1n) is 10.0. The van der Waals surface area contributed by atoms with E-state index in [2.05, 4.69) is 42.4 Å². The normalized spacial score (nSPS) is 10.8. The molecule has 184 valence electrons. The Bertz CT molecular complexity index is 1240. The van der Waals surface area contributed by atoms with Gasteiger partial charge in [-0.1, -0.05) is 41.4 Å². The molecule has 0 aliphatic carbocycles. The topological polar surface area (TPSA) is 78.4 Å². The number of methoxy groups -OCH3 is 2. The van der Waals surface area contributed by atoms with Gasteiger partial charge in [0.1, 0.15) is 6.61 Å². The monoisotopic (exact) mass is 644 g/mol. The molecule has 0 radical (unpaired) electrons. The predicted molar refractivity (Wildman–Crippen MR) is 143 cm³/mol. The van der Waals surface area contributed by atoms with Gasteiger partial charge in [-0.15, -0.1) is 0 Å². The molecular weight excluding hydrogens is 627 g/mol. The van der Waals surface area contributed by atoms with Crippen molar-refractivity contribution in [2.75, 3.05) is 20.8 Å². The van der Waals surface area contributed by atoms with Crippen molar-refractivity contribution in [1.29, 1.82) is 0 Å². The SMILES string of the molecule is COc1ccccc1OCC(=O)N/N=C/c1cc(OC)c(OCc2ccc(Cl)c(Cl)c2)c(Br)c1Br. The molecule has 1 N–H and O–H groups in total. The van der Waals surface area contributed by atoms with Crippen LogP contribution in [0.15, 0.2) is 62.6 Å². The van der Waals surface area contributed by atoms with E-state index in [1.54, 1.807) is 36.4 Å². The fraction of sp³-hybridized carbons (Fsp3) is 0.167. The van der Waals surface area contributed by atoms with Crippen LogP contribution in [0.25, 0.3) is 0 Å². The maximum Gasteiger partial charge on any atom is 0.277 e. The zero-order chi connectivity index (χ0) is 25.4. The van der Waals surface area contributed by atoms with Crippen LogP contribution in [0.5, 0.6) is 23.0 Å². The van der Waals surface area contributed by atoms with Crippen molar-refractivity contribution in [3.05, 3.63) is 78.6 Å². The van der Waals surface area contributed by atoms with Gasteiger partial charge in [-0.2, -0.15) is 5.10 Å². The molecular formula is C24H20Br2Cl2N2O5. The second-order valence-corrected chi connectivity index (χ2v) is 9.30. The molecule has 3 aromatic rings. The summed E-state index contributed by atoms with van der Waals surface area (Å²) in [6.07, 6.45) is 1.47. The molecule has 0 saturated heterocycles. The molecule has 0 atom stereocenters. The number of nitrogens with one attached hydrogen (secondary N) is 1. The number of hydrogen-bond donors (Lipinski definition) is 1. The van der Waals surface area contributed by atoms with Crippen LogP contribution >= 0.6 is 55.1 Å². The summed E-state index contributed by atoms with van der Waals surface area (Å²) >= 11 is 19.1. The Kier molecular flexibility index (Phi) is 10.1. The molecule has 0 aromatic heterocycles. The highest BCUT2D eigenvalue weighted by molar-refractivity contribution is 9.13. The highest BCUT2D eigenvalue weighted by Crippen LogP contribution is 2.42. The number of carbonyl (C=O) groups excluding carboxylic acids is 1. The predicted octanol–water partition coefficient (Wildman–Crippen LogP) is 6.64. The van der Waals surface area contributed by atoms with Crippen molar-refractivity contribution in [2.24, 2.45) is 5.10 Å². The number of hydrogen-bond acceptors (Lipinski definition) is 6. The molecule has 35 heavy (non-hydrogen) atoms. The third-order valence-corrected chi connectivity index (χ3v) is 7.45. The number of ether oxygens (including phenoxy) is 4. The zero-order valence-electron chi connectivity index (χ0n) is 18.6. The van der Waals surface area contributed by atoms with E-state index in [0.29, 0.717) is 47.6 Å². The largest absolute Gasteiger partial charge is 0.493 e. The van der Waals surface area contributed by atoms with E-state index in [9.17, 15) is 4.79 Å². The highest BCUT2D eigenvalue weighted by atomic mass is 79.9. The van der Waals surface area contributed by atoms with Gasteiger partial charge in [0.2, 0.25) is 0 Å². The first-order chi connectivity index (χ1) is 16.8. The van der Waals surface area contributed by atoms with Gasteiger partial charge >= 0.3 is 0 Å². The van der Waals surface area contributed by atoms with E-state index in [0.717, 1.165) is 5.56 Å². The van der Waals surface area contributed by atoms with E-state index in [1.165, 1.54) is 20.4 Å². The molecule has 11 heteroatoms. The number of nitrogens with zero attached hydrogens (tertiary/aromatic N) is 1. The van der Waals surface area contributed by atoms with E-state index >= 15 is 0 Å². The Hall–Kier alpha value is -2.46. The Morgan fingerprint density at radius 1 is 0.943 bits per heavy atom. The number of rotatable bonds is 10. The molecule has 0 bridgehead atoms. The summed E-state index contributed by atoms with van der Waals surface area (Å²) < 4.78 is 23.4. The second kappa shape index (κ2) is 13.0. The Morgan fingerprint density at radius 2 is 1.66 bits per heavy atom. The summed E-state index contributed by atoms with van der Waals surface area (Å²) in [6, 6.07) is 14.0. The maximum atomic E-state index is 12.1. The van der Waals surface area contributed by atoms with E-state index in [4.69, 9.17) is 42.1 Å². The highest BCUT2D eigenvalue weighted by Gasteiger charge is 2.17. The first-order valence-corrected chi connectivity index (χ1v) is 12.4. The van der Waals surface area contributed by atoms with Gasteiger partial charge < -0.3 is 18.9 Å². The zero-order valence-corrected chi connectivity index (χ0v) is 23.3. The standard InChI is InChI=1S/C24H20Br2Cl2N2O5/c1-32-18-5-3-4-6-19(18)34-13-21(31)30-29-11-15-10-20(33-2)24(23(26)22(15)25)35-12-14-7-8-16(27)17(28)9-14/h3-11H,12-13H2,1-2H3,(H,30,31)/b29-11+. The van der Waals surface area contributed by atoms with Gasteiger partial charge in [0.15, 0.2) is 29.6 Å². The molecule has 3 aromatic carbocycles. The lowest BCUT2D eigenvalue weighted by Gasteiger charge is -2.15. The van der Waals surface area contributed by atoms with Crippen LogP contribution in [-0.2, 0) is 11.4 Å². The number of hydrazone groups is 1. The molecule has 0 saturated carbocycles. The molecule has 0 spiro atoms. The lowest BCUT2D eigenvalue weighted by Crippen LogP contribution is -2.24. The lowest BCUT2D eigenvalue weighted by atomic mass is 10.2. The van der Waals surface area contributed by atoms with E-state index in [-0.39, 0.29) is 13.2 Å². The third kappa shape index (κ3) is 7.27. The smallest absolute Gasteiger partial charge is 0.277 e. The molecule has 0 heterocycles. The number of para-hydroxylation sites is 2. The minimum atomic E-state index is -0.434. The summed E-state index contributed by atoms with van der Waals surface area (Å²) in [5.74, 6) is 1.51. The first kappa shape index (κ1) is 27.1. The minimum absolute atomic E-state index is 0.229. The summed E-state index contributed by atoms with van der Waals surface area (Å²) in [6.45, 7) is 0.0153. The summed E-state index contributed by atoms with van der Waals surface area (Å²) in [7, 11) is 3.06. The maximum absolute atomic E-state index is 12.1. The minimum Gasteiger partial charge on any atom is -0.493 e. The van der Waals surface area contributed by atoms with E-state index in [1.807, 2.05) is 12.1 Å². The average molecular weight is 647 g/mol. The summed E-state index contributed by atoms with van der Waals surface area (Å²) in [4.78, 5) is 12.1. The Labute approximate surface area is 229 Å². The Balaban J connectivity index is 1.65. The van der Waals surface area contributed by atoms with Gasteiger partial charge in [-0.25, -0.2) is 5.43 Å². The van der Waals surface area contributed by atoms with Gasteiger partial charge in [-0.3, -0.25) is 4.79 Å². The average Bonchev–Trinajstić information content (AvgIpc) is 2.86. The number of halogens is 4.